The van der Waals surface area contributed by atoms with Crippen LogP contribution in [0.4, 0.5) is 0 Å². The van der Waals surface area contributed by atoms with Gasteiger partial charge in [-0.3, -0.25) is 9.59 Å². The summed E-state index contributed by atoms with van der Waals surface area (Å²) in [5.74, 6) is -0.313. The van der Waals surface area contributed by atoms with Crippen LogP contribution in [-0.2, 0) is 4.79 Å². The van der Waals surface area contributed by atoms with E-state index in [0.29, 0.717) is 5.56 Å². The normalized spacial score (nSPS) is 11.7. The summed E-state index contributed by atoms with van der Waals surface area (Å²) in [5.41, 5.74) is 1.49. The Bertz CT molecular complexity index is 1190. The van der Waals surface area contributed by atoms with Crippen molar-refractivity contribution in [2.75, 3.05) is 6.54 Å². The molecule has 4 aromatic rings. The number of hydrogen-bond acceptors (Lipinski definition) is 4. The SMILES string of the molecule is O=C(CCNC(=O)c1ccco1)NC(c1ccccc1)c1c(O)ccc2ccccc12. The Labute approximate surface area is 179 Å². The number of fused-ring (bicyclic) bond motifs is 1. The fraction of sp³-hybridized carbons (Fsp3) is 0.120. The molecule has 1 aromatic heterocycles. The van der Waals surface area contributed by atoms with E-state index in [0.717, 1.165) is 16.3 Å². The highest BCUT2D eigenvalue weighted by Crippen LogP contribution is 2.35. The lowest BCUT2D eigenvalue weighted by Crippen LogP contribution is -2.33. The molecule has 0 aliphatic carbocycles. The zero-order chi connectivity index (χ0) is 21.6. The van der Waals surface area contributed by atoms with Gasteiger partial charge in [-0.25, -0.2) is 0 Å². The molecule has 6 heteroatoms. The monoisotopic (exact) mass is 414 g/mol. The third-order valence-electron chi connectivity index (χ3n) is 5.06. The van der Waals surface area contributed by atoms with Gasteiger partial charge in [0.1, 0.15) is 5.75 Å². The lowest BCUT2D eigenvalue weighted by Gasteiger charge is -2.22. The van der Waals surface area contributed by atoms with E-state index in [9.17, 15) is 14.7 Å². The van der Waals surface area contributed by atoms with Crippen molar-refractivity contribution in [3.63, 3.8) is 0 Å². The van der Waals surface area contributed by atoms with Crippen molar-refractivity contribution < 1.29 is 19.1 Å². The minimum atomic E-state index is -0.541. The molecule has 2 amide bonds. The minimum absolute atomic E-state index is 0.0846. The molecule has 0 bridgehead atoms. The Morgan fingerprint density at radius 1 is 0.903 bits per heavy atom. The van der Waals surface area contributed by atoms with E-state index < -0.39 is 6.04 Å². The molecule has 156 valence electrons. The average Bonchev–Trinajstić information content (AvgIpc) is 3.34. The Morgan fingerprint density at radius 2 is 1.68 bits per heavy atom. The third kappa shape index (κ3) is 4.59. The molecule has 0 radical (unpaired) electrons. The molecule has 0 aliphatic heterocycles. The first-order chi connectivity index (χ1) is 15.1. The van der Waals surface area contributed by atoms with Crippen LogP contribution in [0.5, 0.6) is 5.75 Å². The number of aromatic hydroxyl groups is 1. The molecule has 1 atom stereocenters. The number of hydrogen-bond donors (Lipinski definition) is 3. The number of benzene rings is 3. The van der Waals surface area contributed by atoms with Gasteiger partial charge in [-0.15, -0.1) is 0 Å². The van der Waals surface area contributed by atoms with Crippen molar-refractivity contribution in [1.82, 2.24) is 10.6 Å². The summed E-state index contributed by atoms with van der Waals surface area (Å²) in [7, 11) is 0. The predicted molar refractivity (Wildman–Crippen MR) is 118 cm³/mol. The summed E-state index contributed by atoms with van der Waals surface area (Å²) in [5, 5.41) is 18.2. The maximum absolute atomic E-state index is 12.7. The van der Waals surface area contributed by atoms with E-state index in [4.69, 9.17) is 4.42 Å². The van der Waals surface area contributed by atoms with Gasteiger partial charge in [-0.05, 0) is 34.5 Å². The van der Waals surface area contributed by atoms with Crippen LogP contribution in [-0.4, -0.2) is 23.5 Å². The number of carbonyl (C=O) groups is 2. The van der Waals surface area contributed by atoms with E-state index in [2.05, 4.69) is 10.6 Å². The fourth-order valence-electron chi connectivity index (χ4n) is 3.57. The summed E-state index contributed by atoms with van der Waals surface area (Å²) >= 11 is 0. The van der Waals surface area contributed by atoms with Gasteiger partial charge in [-0.2, -0.15) is 0 Å². The van der Waals surface area contributed by atoms with Gasteiger partial charge >= 0.3 is 0 Å². The fourth-order valence-corrected chi connectivity index (χ4v) is 3.57. The van der Waals surface area contributed by atoms with Crippen LogP contribution in [0, 0.1) is 0 Å². The minimum Gasteiger partial charge on any atom is -0.508 e. The lowest BCUT2D eigenvalue weighted by molar-refractivity contribution is -0.121. The Hall–Kier alpha value is -4.06. The van der Waals surface area contributed by atoms with Crippen LogP contribution in [0.25, 0.3) is 10.8 Å². The van der Waals surface area contributed by atoms with Gasteiger partial charge in [0.05, 0.1) is 12.3 Å². The quantitative estimate of drug-likeness (QED) is 0.423. The predicted octanol–water partition coefficient (Wildman–Crippen LogP) is 4.16. The maximum Gasteiger partial charge on any atom is 0.286 e. The van der Waals surface area contributed by atoms with Crippen LogP contribution in [0.3, 0.4) is 0 Å². The van der Waals surface area contributed by atoms with Crippen LogP contribution in [0.1, 0.15) is 34.1 Å². The van der Waals surface area contributed by atoms with Gasteiger partial charge in [0.15, 0.2) is 5.76 Å². The van der Waals surface area contributed by atoms with Gasteiger partial charge in [0.25, 0.3) is 5.91 Å². The molecule has 0 spiro atoms. The molecule has 3 N–H and O–H groups in total. The second kappa shape index (κ2) is 9.17. The highest BCUT2D eigenvalue weighted by molar-refractivity contribution is 5.92. The molecule has 0 saturated carbocycles. The Balaban J connectivity index is 1.55. The largest absolute Gasteiger partial charge is 0.508 e. The number of phenolic OH excluding ortho intramolecular Hbond substituents is 1. The lowest BCUT2D eigenvalue weighted by atomic mass is 9.92. The Kier molecular flexibility index (Phi) is 5.98. The highest BCUT2D eigenvalue weighted by atomic mass is 16.3. The molecule has 1 unspecified atom stereocenters. The smallest absolute Gasteiger partial charge is 0.286 e. The molecule has 0 aliphatic rings. The van der Waals surface area contributed by atoms with Gasteiger partial charge in [-0.1, -0.05) is 60.7 Å². The van der Waals surface area contributed by atoms with Crippen molar-refractivity contribution in [2.45, 2.75) is 12.5 Å². The number of nitrogens with one attached hydrogen (secondary N) is 2. The summed E-state index contributed by atoms with van der Waals surface area (Å²) < 4.78 is 5.05. The molecule has 31 heavy (non-hydrogen) atoms. The first-order valence-electron chi connectivity index (χ1n) is 10.00. The zero-order valence-corrected chi connectivity index (χ0v) is 16.7. The molecule has 0 saturated heterocycles. The Morgan fingerprint density at radius 3 is 2.45 bits per heavy atom. The van der Waals surface area contributed by atoms with Crippen molar-refractivity contribution in [2.24, 2.45) is 0 Å². The first kappa shape index (κ1) is 20.2. The van der Waals surface area contributed by atoms with Gasteiger partial charge in [0, 0.05) is 18.5 Å². The van der Waals surface area contributed by atoms with Crippen molar-refractivity contribution >= 4 is 22.6 Å². The maximum atomic E-state index is 12.7. The number of rotatable bonds is 7. The van der Waals surface area contributed by atoms with Crippen LogP contribution < -0.4 is 10.6 Å². The van der Waals surface area contributed by atoms with Crippen LogP contribution >= 0.6 is 0 Å². The highest BCUT2D eigenvalue weighted by Gasteiger charge is 2.22. The van der Waals surface area contributed by atoms with E-state index >= 15 is 0 Å². The summed E-state index contributed by atoms with van der Waals surface area (Å²) in [4.78, 5) is 24.7. The van der Waals surface area contributed by atoms with E-state index in [1.807, 2.05) is 60.7 Å². The second-order valence-electron chi connectivity index (χ2n) is 7.11. The molecular weight excluding hydrogens is 392 g/mol. The molecule has 4 rings (SSSR count). The van der Waals surface area contributed by atoms with Crippen molar-refractivity contribution in [1.29, 1.82) is 0 Å². The molecule has 3 aromatic carbocycles. The van der Waals surface area contributed by atoms with Crippen molar-refractivity contribution in [3.05, 3.63) is 102 Å². The first-order valence-corrected chi connectivity index (χ1v) is 10.00. The second-order valence-corrected chi connectivity index (χ2v) is 7.11. The number of carbonyl (C=O) groups excluding carboxylic acids is 2. The van der Waals surface area contributed by atoms with Gasteiger partial charge in [0.2, 0.25) is 5.91 Å². The third-order valence-corrected chi connectivity index (χ3v) is 5.06. The van der Waals surface area contributed by atoms with E-state index in [1.54, 1.807) is 18.2 Å². The number of phenols is 1. The molecule has 0 fully saturated rings. The van der Waals surface area contributed by atoms with Crippen LogP contribution in [0.15, 0.2) is 89.5 Å². The molecule has 1 heterocycles. The summed E-state index contributed by atoms with van der Waals surface area (Å²) in [6, 6.07) is 23.4. The van der Waals surface area contributed by atoms with Crippen molar-refractivity contribution in [3.8, 4) is 5.75 Å². The molecule has 6 nitrogen and oxygen atoms in total. The van der Waals surface area contributed by atoms with Gasteiger partial charge < -0.3 is 20.2 Å². The average molecular weight is 414 g/mol. The zero-order valence-electron chi connectivity index (χ0n) is 16.7. The molecular formula is C25H22N2O4. The van der Waals surface area contributed by atoms with E-state index in [1.165, 1.54) is 6.26 Å². The standard InChI is InChI=1S/C25H22N2O4/c28-20-13-12-17-7-4-5-10-19(17)23(20)24(18-8-2-1-3-9-18)27-22(29)14-15-26-25(30)21-11-6-16-31-21/h1-13,16,24,28H,14-15H2,(H,26,30)(H,27,29). The summed E-state index contributed by atoms with van der Waals surface area (Å²) in [6.07, 6.45) is 1.50. The summed E-state index contributed by atoms with van der Waals surface area (Å²) in [6.45, 7) is 0.161. The number of furan rings is 1. The number of amides is 2. The topological polar surface area (TPSA) is 91.6 Å². The van der Waals surface area contributed by atoms with Crippen LogP contribution in [0.2, 0.25) is 0 Å². The van der Waals surface area contributed by atoms with E-state index in [-0.39, 0.29) is 36.3 Å².